The summed E-state index contributed by atoms with van der Waals surface area (Å²) in [5, 5.41) is 5.83. The molecule has 0 aromatic heterocycles. The first kappa shape index (κ1) is 9.90. The van der Waals surface area contributed by atoms with Crippen LogP contribution in [0.4, 0.5) is 15.8 Å². The van der Waals surface area contributed by atoms with Gasteiger partial charge in [0, 0.05) is 6.07 Å². The zero-order valence-electron chi connectivity index (χ0n) is 8.39. The number of rotatable bonds is 1. The van der Waals surface area contributed by atoms with Crippen molar-refractivity contribution in [3.63, 3.8) is 0 Å². The monoisotopic (exact) mass is 240 g/mol. The Morgan fingerprint density at radius 1 is 1.31 bits per heavy atom. The molecule has 1 atom stereocenters. The van der Waals surface area contributed by atoms with Gasteiger partial charge in [-0.3, -0.25) is 4.79 Å². The van der Waals surface area contributed by atoms with E-state index in [-0.39, 0.29) is 17.0 Å². The second-order valence-corrected chi connectivity index (χ2v) is 4.67. The normalized spacial score (nSPS) is 23.4. The minimum atomic E-state index is -0.474. The molecule has 2 N–H and O–H groups in total. The topological polar surface area (TPSA) is 41.1 Å². The number of carbonyl (C=O) groups excluding carboxylic acids is 1. The van der Waals surface area contributed by atoms with E-state index in [1.165, 1.54) is 12.1 Å². The van der Waals surface area contributed by atoms with Gasteiger partial charge in [-0.05, 0) is 24.8 Å². The van der Waals surface area contributed by atoms with Gasteiger partial charge in [-0.15, -0.1) is 0 Å². The van der Waals surface area contributed by atoms with Crippen LogP contribution in [0.3, 0.4) is 0 Å². The number of nitrogens with one attached hydrogen (secondary N) is 2. The van der Waals surface area contributed by atoms with Gasteiger partial charge in [0.05, 0.1) is 16.4 Å². The SMILES string of the molecule is O=C1Nc2cc(Cl)c(F)cc2NC1C1CC1. The van der Waals surface area contributed by atoms with Crippen LogP contribution >= 0.6 is 11.6 Å². The highest BCUT2D eigenvalue weighted by Gasteiger charge is 2.39. The first-order valence-electron chi connectivity index (χ1n) is 5.21. The zero-order valence-corrected chi connectivity index (χ0v) is 9.14. The third kappa shape index (κ3) is 1.53. The molecule has 1 amide bonds. The zero-order chi connectivity index (χ0) is 11.3. The van der Waals surface area contributed by atoms with Gasteiger partial charge in [-0.25, -0.2) is 4.39 Å². The largest absolute Gasteiger partial charge is 0.372 e. The summed E-state index contributed by atoms with van der Waals surface area (Å²) in [4.78, 5) is 11.7. The van der Waals surface area contributed by atoms with Crippen LogP contribution in [0.2, 0.25) is 5.02 Å². The van der Waals surface area contributed by atoms with Crippen molar-refractivity contribution < 1.29 is 9.18 Å². The number of hydrogen-bond donors (Lipinski definition) is 2. The molecule has 1 aromatic carbocycles. The lowest BCUT2D eigenvalue weighted by Crippen LogP contribution is -2.40. The van der Waals surface area contributed by atoms with E-state index in [1.807, 2.05) is 0 Å². The van der Waals surface area contributed by atoms with Gasteiger partial charge in [-0.2, -0.15) is 0 Å². The number of halogens is 2. The van der Waals surface area contributed by atoms with Crippen molar-refractivity contribution in [2.45, 2.75) is 18.9 Å². The van der Waals surface area contributed by atoms with Gasteiger partial charge in [0.15, 0.2) is 0 Å². The van der Waals surface area contributed by atoms with Crippen molar-refractivity contribution in [3.05, 3.63) is 23.0 Å². The van der Waals surface area contributed by atoms with Gasteiger partial charge in [0.25, 0.3) is 0 Å². The predicted octanol–water partition coefficient (Wildman–Crippen LogP) is 2.62. The molecule has 1 aliphatic carbocycles. The van der Waals surface area contributed by atoms with Gasteiger partial charge >= 0.3 is 0 Å². The fraction of sp³-hybridized carbons (Fsp3) is 0.364. The summed E-state index contributed by atoms with van der Waals surface area (Å²) in [6.07, 6.45) is 2.10. The highest BCUT2D eigenvalue weighted by molar-refractivity contribution is 6.31. The molecular formula is C11H10ClFN2O. The lowest BCUT2D eigenvalue weighted by Gasteiger charge is -2.27. The van der Waals surface area contributed by atoms with E-state index >= 15 is 0 Å². The number of anilines is 2. The van der Waals surface area contributed by atoms with E-state index in [9.17, 15) is 9.18 Å². The lowest BCUT2D eigenvalue weighted by atomic mass is 10.1. The van der Waals surface area contributed by atoms with Crippen LogP contribution < -0.4 is 10.6 Å². The van der Waals surface area contributed by atoms with Crippen LogP contribution in [0, 0.1) is 11.7 Å². The van der Waals surface area contributed by atoms with Gasteiger partial charge in [-0.1, -0.05) is 11.6 Å². The molecule has 0 saturated heterocycles. The van der Waals surface area contributed by atoms with Crippen molar-refractivity contribution in [2.24, 2.45) is 5.92 Å². The van der Waals surface area contributed by atoms with Crippen molar-refractivity contribution in [2.75, 3.05) is 10.6 Å². The molecule has 0 bridgehead atoms. The molecule has 0 radical (unpaired) electrons. The standard InChI is InChI=1S/C11H10ClFN2O/c12-6-3-8-9(4-7(6)13)14-10(5-1-2-5)11(16)15-8/h3-5,10,14H,1-2H2,(H,15,16). The van der Waals surface area contributed by atoms with Gasteiger partial charge < -0.3 is 10.6 Å². The van der Waals surface area contributed by atoms with E-state index in [0.29, 0.717) is 17.3 Å². The maximum atomic E-state index is 13.3. The quantitative estimate of drug-likeness (QED) is 0.792. The first-order chi connectivity index (χ1) is 7.65. The second kappa shape index (κ2) is 3.35. The van der Waals surface area contributed by atoms with Crippen LogP contribution in [0.15, 0.2) is 12.1 Å². The third-order valence-corrected chi connectivity index (χ3v) is 3.29. The summed E-state index contributed by atoms with van der Waals surface area (Å²) in [7, 11) is 0. The maximum Gasteiger partial charge on any atom is 0.247 e. The van der Waals surface area contributed by atoms with E-state index in [1.54, 1.807) is 0 Å². The van der Waals surface area contributed by atoms with Crippen LogP contribution in [0.1, 0.15) is 12.8 Å². The fourth-order valence-electron chi connectivity index (χ4n) is 1.97. The number of carbonyl (C=O) groups is 1. The summed E-state index contributed by atoms with van der Waals surface area (Å²) >= 11 is 5.65. The fourth-order valence-corrected chi connectivity index (χ4v) is 2.14. The molecule has 1 saturated carbocycles. The molecular weight excluding hydrogens is 231 g/mol. The Labute approximate surface area is 97.0 Å². The summed E-state index contributed by atoms with van der Waals surface area (Å²) in [5.74, 6) is -0.150. The van der Waals surface area contributed by atoms with Crippen LogP contribution in [0.5, 0.6) is 0 Å². The summed E-state index contributed by atoms with van der Waals surface area (Å²) in [6, 6.07) is 2.53. The van der Waals surface area contributed by atoms with Crippen LogP contribution in [-0.2, 0) is 4.79 Å². The number of benzene rings is 1. The minimum absolute atomic E-state index is 0.0192. The molecule has 16 heavy (non-hydrogen) atoms. The van der Waals surface area contributed by atoms with Gasteiger partial charge in [0.1, 0.15) is 11.9 Å². The van der Waals surface area contributed by atoms with Crippen molar-refractivity contribution in [1.82, 2.24) is 0 Å². The third-order valence-electron chi connectivity index (χ3n) is 3.01. The Hall–Kier alpha value is -1.29. The summed E-state index contributed by atoms with van der Waals surface area (Å²) in [5.41, 5.74) is 1.16. The van der Waals surface area contributed by atoms with Crippen molar-refractivity contribution in [1.29, 1.82) is 0 Å². The minimum Gasteiger partial charge on any atom is -0.372 e. The van der Waals surface area contributed by atoms with Crippen molar-refractivity contribution >= 4 is 28.9 Å². The second-order valence-electron chi connectivity index (χ2n) is 4.26. The molecule has 1 unspecified atom stereocenters. The molecule has 1 heterocycles. The predicted molar refractivity (Wildman–Crippen MR) is 60.2 cm³/mol. The van der Waals surface area contributed by atoms with Crippen LogP contribution in [0.25, 0.3) is 0 Å². The molecule has 1 aromatic rings. The molecule has 3 nitrogen and oxygen atoms in total. The van der Waals surface area contributed by atoms with Crippen molar-refractivity contribution in [3.8, 4) is 0 Å². The molecule has 3 rings (SSSR count). The number of hydrogen-bond acceptors (Lipinski definition) is 2. The van der Waals surface area contributed by atoms with Gasteiger partial charge in [0.2, 0.25) is 5.91 Å². The average Bonchev–Trinajstić information content (AvgIpc) is 3.03. The molecule has 2 aliphatic rings. The smallest absolute Gasteiger partial charge is 0.247 e. The molecule has 0 spiro atoms. The Balaban J connectivity index is 1.98. The number of amides is 1. The number of fused-ring (bicyclic) bond motifs is 1. The lowest BCUT2D eigenvalue weighted by molar-refractivity contribution is -0.117. The highest BCUT2D eigenvalue weighted by atomic mass is 35.5. The first-order valence-corrected chi connectivity index (χ1v) is 5.59. The van der Waals surface area contributed by atoms with E-state index in [0.717, 1.165) is 12.8 Å². The Morgan fingerprint density at radius 2 is 2.06 bits per heavy atom. The van der Waals surface area contributed by atoms with E-state index in [4.69, 9.17) is 11.6 Å². The highest BCUT2D eigenvalue weighted by Crippen LogP contribution is 2.39. The summed E-state index contributed by atoms with van der Waals surface area (Å²) in [6.45, 7) is 0. The molecule has 84 valence electrons. The van der Waals surface area contributed by atoms with E-state index in [2.05, 4.69) is 10.6 Å². The molecule has 5 heteroatoms. The van der Waals surface area contributed by atoms with Crippen LogP contribution in [-0.4, -0.2) is 11.9 Å². The Morgan fingerprint density at radius 3 is 2.75 bits per heavy atom. The maximum absolute atomic E-state index is 13.3. The Kier molecular flexibility index (Phi) is 2.07. The van der Waals surface area contributed by atoms with E-state index < -0.39 is 5.82 Å². The Bertz CT molecular complexity index is 473. The molecule has 1 fully saturated rings. The summed E-state index contributed by atoms with van der Waals surface area (Å²) < 4.78 is 13.3. The molecule has 1 aliphatic heterocycles. The average molecular weight is 241 g/mol.